The molecule has 0 saturated heterocycles. The number of carbonyl (C=O) groups excluding carboxylic acids is 2. The topological polar surface area (TPSA) is 79.8 Å². The van der Waals surface area contributed by atoms with Crippen molar-refractivity contribution in [2.45, 2.75) is 13.3 Å². The third-order valence-corrected chi connectivity index (χ3v) is 2.99. The van der Waals surface area contributed by atoms with Gasteiger partial charge in [-0.2, -0.15) is 0 Å². The first-order chi connectivity index (χ1) is 11.6. The number of amides is 2. The fourth-order valence-corrected chi connectivity index (χ4v) is 1.94. The Morgan fingerprint density at radius 2 is 2.29 bits per heavy atom. The zero-order valence-corrected chi connectivity index (χ0v) is 13.1. The van der Waals surface area contributed by atoms with Gasteiger partial charge in [0.15, 0.2) is 0 Å². The van der Waals surface area contributed by atoms with Gasteiger partial charge in [0, 0.05) is 19.4 Å². The van der Waals surface area contributed by atoms with Gasteiger partial charge >= 0.3 is 0 Å². The second kappa shape index (κ2) is 8.48. The fourth-order valence-electron chi connectivity index (χ4n) is 1.94. The van der Waals surface area contributed by atoms with Gasteiger partial charge in [0.1, 0.15) is 30.6 Å². The highest BCUT2D eigenvalue weighted by Gasteiger charge is 2.07. The van der Waals surface area contributed by atoms with Crippen LogP contribution in [0.15, 0.2) is 34.8 Å². The molecule has 24 heavy (non-hydrogen) atoms. The van der Waals surface area contributed by atoms with E-state index in [0.29, 0.717) is 31.0 Å². The lowest BCUT2D eigenvalue weighted by Crippen LogP contribution is -2.27. The summed E-state index contributed by atoms with van der Waals surface area (Å²) in [6, 6.07) is 4.15. The molecule has 0 atom stereocenters. The van der Waals surface area contributed by atoms with Crippen molar-refractivity contribution in [2.24, 2.45) is 4.99 Å². The van der Waals surface area contributed by atoms with E-state index in [0.717, 1.165) is 5.57 Å². The number of aliphatic imine (C=N–C) groups is 1. The van der Waals surface area contributed by atoms with Gasteiger partial charge in [0.05, 0.1) is 5.69 Å². The maximum atomic E-state index is 13.7. The summed E-state index contributed by atoms with van der Waals surface area (Å²) in [5.41, 5.74) is 0.874. The third-order valence-electron chi connectivity index (χ3n) is 2.99. The SMILES string of the molecule is CC(=O)NC1=N/CC#CC/C(COc2ccc(NC=O)c(F)c2)=C\1. The van der Waals surface area contributed by atoms with E-state index in [4.69, 9.17) is 4.74 Å². The Morgan fingerprint density at radius 3 is 3.00 bits per heavy atom. The summed E-state index contributed by atoms with van der Waals surface area (Å²) in [5.74, 6) is 5.73. The van der Waals surface area contributed by atoms with Crippen LogP contribution in [0.3, 0.4) is 0 Å². The summed E-state index contributed by atoms with van der Waals surface area (Å²) in [4.78, 5) is 25.7. The summed E-state index contributed by atoms with van der Waals surface area (Å²) in [6.07, 6.45) is 2.57. The molecule has 1 aromatic rings. The summed E-state index contributed by atoms with van der Waals surface area (Å²) >= 11 is 0. The first kappa shape index (κ1) is 17.2. The van der Waals surface area contributed by atoms with Crippen LogP contribution in [0.5, 0.6) is 5.75 Å². The van der Waals surface area contributed by atoms with Crippen LogP contribution in [0.25, 0.3) is 0 Å². The van der Waals surface area contributed by atoms with Crippen molar-refractivity contribution in [3.05, 3.63) is 35.7 Å². The lowest BCUT2D eigenvalue weighted by molar-refractivity contribution is -0.117. The first-order valence-corrected chi connectivity index (χ1v) is 7.18. The van der Waals surface area contributed by atoms with E-state index in [-0.39, 0.29) is 18.2 Å². The molecule has 7 heteroatoms. The zero-order valence-electron chi connectivity index (χ0n) is 13.1. The number of hydrogen-bond acceptors (Lipinski definition) is 4. The van der Waals surface area contributed by atoms with Crippen LogP contribution < -0.4 is 15.4 Å². The molecule has 2 rings (SSSR count). The maximum Gasteiger partial charge on any atom is 0.222 e. The van der Waals surface area contributed by atoms with Crippen molar-refractivity contribution in [3.63, 3.8) is 0 Å². The van der Waals surface area contributed by atoms with Crippen molar-refractivity contribution in [2.75, 3.05) is 18.5 Å². The second-order valence-electron chi connectivity index (χ2n) is 4.91. The Kier molecular flexibility index (Phi) is 6.08. The molecular formula is C17H16FN3O3. The summed E-state index contributed by atoms with van der Waals surface area (Å²) < 4.78 is 19.3. The molecule has 6 nitrogen and oxygen atoms in total. The van der Waals surface area contributed by atoms with Crippen LogP contribution in [-0.4, -0.2) is 31.3 Å². The Labute approximate surface area is 138 Å². The van der Waals surface area contributed by atoms with E-state index in [1.807, 2.05) is 0 Å². The van der Waals surface area contributed by atoms with Gasteiger partial charge < -0.3 is 15.4 Å². The zero-order chi connectivity index (χ0) is 17.4. The van der Waals surface area contributed by atoms with Crippen molar-refractivity contribution in [1.29, 1.82) is 0 Å². The molecule has 0 spiro atoms. The van der Waals surface area contributed by atoms with E-state index in [9.17, 15) is 14.0 Å². The molecule has 0 saturated carbocycles. The van der Waals surface area contributed by atoms with Crippen LogP contribution >= 0.6 is 0 Å². The van der Waals surface area contributed by atoms with E-state index >= 15 is 0 Å². The number of halogens is 1. The lowest BCUT2D eigenvalue weighted by Gasteiger charge is -2.11. The van der Waals surface area contributed by atoms with Gasteiger partial charge in [0.25, 0.3) is 0 Å². The van der Waals surface area contributed by atoms with Crippen molar-refractivity contribution >= 4 is 23.8 Å². The Hall–Kier alpha value is -3.14. The highest BCUT2D eigenvalue weighted by atomic mass is 19.1. The fraction of sp³-hybridized carbons (Fsp3) is 0.235. The molecule has 0 fully saturated rings. The quantitative estimate of drug-likeness (QED) is 0.637. The molecule has 1 aromatic carbocycles. The van der Waals surface area contributed by atoms with Crippen LogP contribution in [0.1, 0.15) is 13.3 Å². The van der Waals surface area contributed by atoms with Gasteiger partial charge in [-0.15, -0.1) is 0 Å². The molecular weight excluding hydrogens is 313 g/mol. The average Bonchev–Trinajstić information content (AvgIpc) is 2.51. The number of nitrogens with zero attached hydrogens (tertiary/aromatic N) is 1. The van der Waals surface area contributed by atoms with E-state index < -0.39 is 5.82 Å². The van der Waals surface area contributed by atoms with Crippen molar-refractivity contribution in [1.82, 2.24) is 5.32 Å². The van der Waals surface area contributed by atoms with Gasteiger partial charge in [-0.3, -0.25) is 14.6 Å². The summed E-state index contributed by atoms with van der Waals surface area (Å²) in [6.45, 7) is 1.89. The monoisotopic (exact) mass is 329 g/mol. The molecule has 0 aromatic heterocycles. The third kappa shape index (κ3) is 5.25. The number of anilines is 1. The minimum atomic E-state index is -0.591. The first-order valence-electron chi connectivity index (χ1n) is 7.18. The Balaban J connectivity index is 2.06. The number of carbonyl (C=O) groups is 2. The van der Waals surface area contributed by atoms with Gasteiger partial charge in [-0.1, -0.05) is 11.8 Å². The summed E-state index contributed by atoms with van der Waals surface area (Å²) in [5, 5.41) is 4.87. The molecule has 124 valence electrons. The number of benzene rings is 1. The van der Waals surface area contributed by atoms with E-state index in [1.54, 1.807) is 12.1 Å². The van der Waals surface area contributed by atoms with E-state index in [2.05, 4.69) is 27.5 Å². The van der Waals surface area contributed by atoms with Crippen LogP contribution in [0.4, 0.5) is 10.1 Å². The summed E-state index contributed by atoms with van der Waals surface area (Å²) in [7, 11) is 0. The predicted octanol–water partition coefficient (Wildman–Crippen LogP) is 1.64. The standard InChI is InChI=1S/C17H16FN3O3/c1-12(23)21-17-8-13(4-2-3-7-19-17)10-24-14-5-6-16(20-11-22)15(18)9-14/h5-6,8-9,11H,4,7,10H2,1H3,(H,20,22)(H,19,21,23)/b13-8+. The minimum Gasteiger partial charge on any atom is -0.489 e. The molecule has 0 unspecified atom stereocenters. The van der Waals surface area contributed by atoms with Gasteiger partial charge in [-0.25, -0.2) is 4.39 Å². The predicted molar refractivity (Wildman–Crippen MR) is 88.2 cm³/mol. The van der Waals surface area contributed by atoms with Crippen LogP contribution in [0, 0.1) is 17.7 Å². The van der Waals surface area contributed by atoms with Crippen LogP contribution in [-0.2, 0) is 9.59 Å². The smallest absolute Gasteiger partial charge is 0.222 e. The molecule has 0 radical (unpaired) electrons. The minimum absolute atomic E-state index is 0.0773. The number of rotatable bonds is 5. The molecule has 1 heterocycles. The normalized spacial score (nSPS) is 17.6. The largest absolute Gasteiger partial charge is 0.489 e. The number of ether oxygens (including phenoxy) is 1. The second-order valence-corrected chi connectivity index (χ2v) is 4.91. The molecule has 2 N–H and O–H groups in total. The highest BCUT2D eigenvalue weighted by molar-refractivity contribution is 6.04. The van der Waals surface area contributed by atoms with Crippen molar-refractivity contribution < 1.29 is 18.7 Å². The molecule has 0 aliphatic carbocycles. The van der Waals surface area contributed by atoms with E-state index in [1.165, 1.54) is 19.1 Å². The molecule has 1 aliphatic rings. The number of hydrogen-bond donors (Lipinski definition) is 2. The molecule has 2 amide bonds. The van der Waals surface area contributed by atoms with Crippen LogP contribution in [0.2, 0.25) is 0 Å². The van der Waals surface area contributed by atoms with Gasteiger partial charge in [-0.05, 0) is 23.8 Å². The van der Waals surface area contributed by atoms with Gasteiger partial charge in [0.2, 0.25) is 12.3 Å². The highest BCUT2D eigenvalue weighted by Crippen LogP contribution is 2.21. The lowest BCUT2D eigenvalue weighted by atomic mass is 10.1. The maximum absolute atomic E-state index is 13.7. The molecule has 0 bridgehead atoms. The number of nitrogens with one attached hydrogen (secondary N) is 2. The van der Waals surface area contributed by atoms with Crippen molar-refractivity contribution in [3.8, 4) is 17.6 Å². The average molecular weight is 329 g/mol. The Morgan fingerprint density at radius 1 is 1.46 bits per heavy atom. The number of amidine groups is 1. The molecule has 1 aliphatic heterocycles. The Bertz CT molecular complexity index is 760.